The van der Waals surface area contributed by atoms with E-state index in [4.69, 9.17) is 15.0 Å². The second-order valence-electron chi connectivity index (χ2n) is 12.8. The molecule has 0 amide bonds. The maximum atomic E-state index is 9.47. The molecule has 0 aliphatic heterocycles. The van der Waals surface area contributed by atoms with Gasteiger partial charge in [-0.2, -0.15) is 5.26 Å². The van der Waals surface area contributed by atoms with Crippen molar-refractivity contribution >= 4 is 53.3 Å². The third-order valence-electron chi connectivity index (χ3n) is 9.67. The molecule has 0 aliphatic rings. The summed E-state index contributed by atoms with van der Waals surface area (Å²) < 4.78 is 4.96. The van der Waals surface area contributed by atoms with Crippen molar-refractivity contribution in [1.82, 2.24) is 19.5 Å². The number of benzene rings is 7. The number of thiophene rings is 1. The lowest BCUT2D eigenvalue weighted by atomic mass is 10.0. The van der Waals surface area contributed by atoms with E-state index in [0.717, 1.165) is 33.5 Å². The van der Waals surface area contributed by atoms with Gasteiger partial charge in [-0.3, -0.25) is 0 Å². The number of para-hydroxylation sites is 1. The molecule has 0 spiro atoms. The van der Waals surface area contributed by atoms with Crippen molar-refractivity contribution in [3.05, 3.63) is 169 Å². The number of aromatic nitrogens is 4. The Kier molecular flexibility index (Phi) is 6.98. The first kappa shape index (κ1) is 29.9. The molecule has 3 aromatic heterocycles. The van der Waals surface area contributed by atoms with Gasteiger partial charge in [0.15, 0.2) is 17.5 Å². The first-order valence-corrected chi connectivity index (χ1v) is 17.9. The predicted molar refractivity (Wildman–Crippen MR) is 214 cm³/mol. The lowest BCUT2D eigenvalue weighted by Gasteiger charge is -2.11. The van der Waals surface area contributed by atoms with E-state index in [1.807, 2.05) is 84.1 Å². The van der Waals surface area contributed by atoms with Crippen molar-refractivity contribution in [1.29, 1.82) is 5.26 Å². The quantitative estimate of drug-likeness (QED) is 0.181. The molecule has 5 nitrogen and oxygen atoms in total. The second-order valence-corrected chi connectivity index (χ2v) is 13.9. The molecule has 0 aliphatic carbocycles. The highest BCUT2D eigenvalue weighted by Gasteiger charge is 2.17. The van der Waals surface area contributed by atoms with Crippen molar-refractivity contribution in [3.8, 4) is 57.0 Å². The highest BCUT2D eigenvalue weighted by Crippen LogP contribution is 2.40. The van der Waals surface area contributed by atoms with Crippen molar-refractivity contribution < 1.29 is 0 Å². The lowest BCUT2D eigenvalue weighted by molar-refractivity contribution is 1.07. The van der Waals surface area contributed by atoms with Crippen LogP contribution in [0.5, 0.6) is 0 Å². The number of rotatable bonds is 5. The standard InChI is InChI=1S/C46H27N5S/c47-28-29-10-8-13-32(24-29)33-14-9-15-34(25-33)46-49-44(30-11-2-1-3-12-30)48-45(50-46)31-20-22-35(23-21-31)51-40-18-6-4-16-36(40)38-27-43-39(26-41(38)51)37-17-5-7-19-42(37)52-43/h1-27H. The first-order valence-electron chi connectivity index (χ1n) is 17.1. The third kappa shape index (κ3) is 5.03. The van der Waals surface area contributed by atoms with Gasteiger partial charge in [0.25, 0.3) is 0 Å². The molecule has 242 valence electrons. The molecule has 52 heavy (non-hydrogen) atoms. The van der Waals surface area contributed by atoms with Crippen LogP contribution in [0.4, 0.5) is 0 Å². The van der Waals surface area contributed by atoms with Gasteiger partial charge < -0.3 is 4.57 Å². The van der Waals surface area contributed by atoms with Crippen LogP contribution in [-0.2, 0) is 0 Å². The van der Waals surface area contributed by atoms with E-state index >= 15 is 0 Å². The fraction of sp³-hybridized carbons (Fsp3) is 0. The van der Waals surface area contributed by atoms with E-state index in [9.17, 15) is 5.26 Å². The van der Waals surface area contributed by atoms with E-state index < -0.39 is 0 Å². The molecule has 0 bridgehead atoms. The smallest absolute Gasteiger partial charge is 0.164 e. The fourth-order valence-electron chi connectivity index (χ4n) is 7.18. The van der Waals surface area contributed by atoms with Gasteiger partial charge in [0.1, 0.15) is 0 Å². The van der Waals surface area contributed by atoms with Crippen LogP contribution >= 0.6 is 11.3 Å². The third-order valence-corrected chi connectivity index (χ3v) is 10.8. The molecule has 10 rings (SSSR count). The van der Waals surface area contributed by atoms with Gasteiger partial charge in [-0.25, -0.2) is 15.0 Å². The van der Waals surface area contributed by atoms with Crippen LogP contribution in [0, 0.1) is 11.3 Å². The minimum Gasteiger partial charge on any atom is -0.309 e. The highest BCUT2D eigenvalue weighted by atomic mass is 32.1. The summed E-state index contributed by atoms with van der Waals surface area (Å²) in [5, 5.41) is 14.5. The highest BCUT2D eigenvalue weighted by molar-refractivity contribution is 7.25. The molecule has 0 fully saturated rings. The van der Waals surface area contributed by atoms with Gasteiger partial charge in [-0.05, 0) is 77.9 Å². The topological polar surface area (TPSA) is 67.4 Å². The summed E-state index contributed by atoms with van der Waals surface area (Å²) in [6.45, 7) is 0. The van der Waals surface area contributed by atoms with Crippen LogP contribution in [-0.4, -0.2) is 19.5 Å². The van der Waals surface area contributed by atoms with Crippen LogP contribution < -0.4 is 0 Å². The molecule has 7 aromatic carbocycles. The van der Waals surface area contributed by atoms with Gasteiger partial charge in [-0.15, -0.1) is 11.3 Å². The van der Waals surface area contributed by atoms with Crippen LogP contribution in [0.15, 0.2) is 164 Å². The minimum atomic E-state index is 0.584. The largest absolute Gasteiger partial charge is 0.309 e. The number of hydrogen-bond donors (Lipinski definition) is 0. The Morgan fingerprint density at radius 3 is 1.83 bits per heavy atom. The molecule has 0 unspecified atom stereocenters. The molecule has 10 aromatic rings. The van der Waals surface area contributed by atoms with E-state index in [1.165, 1.54) is 42.0 Å². The molecule has 0 saturated carbocycles. The van der Waals surface area contributed by atoms with Gasteiger partial charge in [0.05, 0.1) is 22.7 Å². The minimum absolute atomic E-state index is 0.584. The van der Waals surface area contributed by atoms with E-state index in [2.05, 4.69) is 102 Å². The fourth-order valence-corrected chi connectivity index (χ4v) is 8.31. The van der Waals surface area contributed by atoms with Crippen molar-refractivity contribution in [2.45, 2.75) is 0 Å². The molecule has 0 N–H and O–H groups in total. The molecule has 0 radical (unpaired) electrons. The monoisotopic (exact) mass is 681 g/mol. The average Bonchev–Trinajstić information content (AvgIpc) is 3.75. The van der Waals surface area contributed by atoms with E-state index in [1.54, 1.807) is 0 Å². The average molecular weight is 682 g/mol. The summed E-state index contributed by atoms with van der Waals surface area (Å²) in [5.74, 6) is 1.79. The zero-order chi connectivity index (χ0) is 34.6. The lowest BCUT2D eigenvalue weighted by Crippen LogP contribution is -2.00. The van der Waals surface area contributed by atoms with Gasteiger partial charge in [0, 0.05) is 53.3 Å². The van der Waals surface area contributed by atoms with Crippen LogP contribution in [0.25, 0.3) is 93.0 Å². The van der Waals surface area contributed by atoms with Gasteiger partial charge in [-0.1, -0.05) is 97.1 Å². The zero-order valence-electron chi connectivity index (χ0n) is 27.7. The van der Waals surface area contributed by atoms with Crippen molar-refractivity contribution in [3.63, 3.8) is 0 Å². The van der Waals surface area contributed by atoms with Crippen LogP contribution in [0.3, 0.4) is 0 Å². The molecule has 0 saturated heterocycles. The Bertz CT molecular complexity index is 3020. The maximum Gasteiger partial charge on any atom is 0.164 e. The molecule has 6 heteroatoms. The van der Waals surface area contributed by atoms with E-state index in [-0.39, 0.29) is 0 Å². The summed E-state index contributed by atoms with van der Waals surface area (Å²) in [4.78, 5) is 15.0. The second kappa shape index (κ2) is 12.1. The summed E-state index contributed by atoms with van der Waals surface area (Å²) in [7, 11) is 0. The van der Waals surface area contributed by atoms with Crippen LogP contribution in [0.2, 0.25) is 0 Å². The normalized spacial score (nSPS) is 11.4. The van der Waals surface area contributed by atoms with E-state index in [0.29, 0.717) is 23.0 Å². The summed E-state index contributed by atoms with van der Waals surface area (Å²) >= 11 is 1.85. The zero-order valence-corrected chi connectivity index (χ0v) is 28.5. The number of nitriles is 1. The first-order chi connectivity index (χ1) is 25.7. The Morgan fingerprint density at radius 1 is 0.423 bits per heavy atom. The Hall–Kier alpha value is -6.94. The Balaban J connectivity index is 1.11. The SMILES string of the molecule is N#Cc1cccc(-c2cccc(-c3nc(-c4ccccc4)nc(-c4ccc(-n5c6ccccc6c6cc7sc8ccccc8c7cc65)cc4)n3)c2)c1. The number of hydrogen-bond acceptors (Lipinski definition) is 5. The Morgan fingerprint density at radius 2 is 1.04 bits per heavy atom. The number of nitrogens with zero attached hydrogens (tertiary/aromatic N) is 5. The Labute approximate surface area is 303 Å². The summed E-state index contributed by atoms with van der Waals surface area (Å²) in [6.07, 6.45) is 0. The molecule has 0 atom stereocenters. The molecular formula is C46H27N5S. The number of fused-ring (bicyclic) bond motifs is 6. The molecule has 3 heterocycles. The maximum absolute atomic E-state index is 9.47. The van der Waals surface area contributed by atoms with Gasteiger partial charge in [0.2, 0.25) is 0 Å². The predicted octanol–water partition coefficient (Wildman–Crippen LogP) is 11.9. The van der Waals surface area contributed by atoms with Crippen molar-refractivity contribution in [2.24, 2.45) is 0 Å². The summed E-state index contributed by atoms with van der Waals surface area (Å²) in [6, 6.07) is 58.6. The van der Waals surface area contributed by atoms with Crippen molar-refractivity contribution in [2.75, 3.05) is 0 Å². The molecular weight excluding hydrogens is 655 g/mol. The summed E-state index contributed by atoms with van der Waals surface area (Å²) in [5.41, 5.74) is 8.67. The van der Waals surface area contributed by atoms with Crippen LogP contribution in [0.1, 0.15) is 5.56 Å². The van der Waals surface area contributed by atoms with Gasteiger partial charge >= 0.3 is 0 Å².